The van der Waals surface area contributed by atoms with E-state index in [4.69, 9.17) is 11.6 Å². The summed E-state index contributed by atoms with van der Waals surface area (Å²) < 4.78 is 88.7. The van der Waals surface area contributed by atoms with Gasteiger partial charge in [-0.3, -0.25) is 4.79 Å². The van der Waals surface area contributed by atoms with E-state index >= 15 is 0 Å². The maximum Gasteiger partial charge on any atom is 0.578 e. The molecular weight excluding hydrogens is 488 g/mol. The zero-order chi connectivity index (χ0) is 23.7. The summed E-state index contributed by atoms with van der Waals surface area (Å²) in [5.41, 5.74) is -6.29. The second-order valence-electron chi connectivity index (χ2n) is 6.06. The average molecular weight is 498 g/mol. The van der Waals surface area contributed by atoms with Crippen molar-refractivity contribution in [3.8, 4) is 5.82 Å². The van der Waals surface area contributed by atoms with Crippen molar-refractivity contribution < 1.29 is 35.7 Å². The van der Waals surface area contributed by atoms with E-state index in [0.717, 1.165) is 41.3 Å². The van der Waals surface area contributed by atoms with Crippen LogP contribution in [-0.4, -0.2) is 35.7 Å². The lowest BCUT2D eigenvalue weighted by Crippen LogP contribution is -2.26. The van der Waals surface area contributed by atoms with Gasteiger partial charge < -0.3 is 9.87 Å². The molecule has 2 heterocycles. The molecule has 0 saturated carbocycles. The molecule has 32 heavy (non-hydrogen) atoms. The molecule has 15 heteroatoms. The molecule has 0 radical (unpaired) electrons. The fraction of sp³-hybridized carbons (Fsp3) is 0.176. The van der Waals surface area contributed by atoms with E-state index in [1.165, 1.54) is 0 Å². The quantitative estimate of drug-likeness (QED) is 0.426. The van der Waals surface area contributed by atoms with Crippen molar-refractivity contribution in [1.82, 2.24) is 25.1 Å². The van der Waals surface area contributed by atoms with Gasteiger partial charge in [0.2, 0.25) is 0 Å². The molecule has 1 N–H and O–H groups in total. The highest BCUT2D eigenvalue weighted by Gasteiger charge is 2.46. The highest BCUT2D eigenvalue weighted by Crippen LogP contribution is 2.32. The molecule has 7 nitrogen and oxygen atoms in total. The number of hydrogen-bond donors (Lipinski definition) is 1. The summed E-state index contributed by atoms with van der Waals surface area (Å²) in [6.45, 7) is -0.300. The first-order chi connectivity index (χ1) is 14.9. The predicted molar refractivity (Wildman–Crippen MR) is 99.2 cm³/mol. The Kier molecular flexibility index (Phi) is 6.67. The van der Waals surface area contributed by atoms with Gasteiger partial charge in [0.15, 0.2) is 16.5 Å². The minimum atomic E-state index is -5.04. The molecule has 1 unspecified atom stereocenters. The molecule has 0 aliphatic rings. The molecule has 170 valence electrons. The Bertz CT molecular complexity index is 1120. The second-order valence-corrected chi connectivity index (χ2v) is 7.97. The molecule has 1 aromatic carbocycles. The van der Waals surface area contributed by atoms with E-state index in [-0.39, 0.29) is 28.8 Å². The minimum Gasteiger partial charge on any atom is -0.604 e. The van der Waals surface area contributed by atoms with E-state index < -0.39 is 39.2 Å². The Morgan fingerprint density at radius 2 is 1.84 bits per heavy atom. The zero-order valence-corrected chi connectivity index (χ0v) is 17.0. The first-order valence-electron chi connectivity index (χ1n) is 8.36. The van der Waals surface area contributed by atoms with Gasteiger partial charge in [-0.2, -0.15) is 23.0 Å². The van der Waals surface area contributed by atoms with E-state index in [0.29, 0.717) is 6.20 Å². The molecule has 0 spiro atoms. The Morgan fingerprint density at radius 1 is 1.12 bits per heavy atom. The number of carbonyl (C=O) groups is 1. The second kappa shape index (κ2) is 8.96. The fourth-order valence-electron chi connectivity index (χ4n) is 2.45. The maximum atomic E-state index is 12.7. The zero-order valence-electron chi connectivity index (χ0n) is 15.4. The monoisotopic (exact) mass is 497 g/mol. The fourth-order valence-corrected chi connectivity index (χ4v) is 3.49. The SMILES string of the molecule is O=C(NCc1ncnn1-c1ccc(C(F)(F)F)cn1)c1cc(Cl)cc([S+]([O-])C(F)(F)F)c1. The highest BCUT2D eigenvalue weighted by atomic mass is 35.5. The molecule has 1 amide bonds. The Hall–Kier alpha value is -2.84. The standard InChI is InChI=1S/C17H10ClF6N5O2S/c18-11-3-9(4-12(5-11)32(31)17(22,23)24)15(30)26-7-14-27-8-28-29(14)13-2-1-10(6-25-13)16(19,20)21/h1-6,8H,7H2,(H,26,30). The van der Waals surface area contributed by atoms with Crippen molar-refractivity contribution in [2.24, 2.45) is 0 Å². The summed E-state index contributed by atoms with van der Waals surface area (Å²) in [5, 5.41) is 5.97. The summed E-state index contributed by atoms with van der Waals surface area (Å²) in [7, 11) is 0. The highest BCUT2D eigenvalue weighted by molar-refractivity contribution is 7.92. The summed E-state index contributed by atoms with van der Waals surface area (Å²) in [4.78, 5) is 19.2. The van der Waals surface area contributed by atoms with E-state index in [1.807, 2.05) is 0 Å². The number of halogens is 7. The van der Waals surface area contributed by atoms with Crippen LogP contribution in [0.15, 0.2) is 47.8 Å². The average Bonchev–Trinajstić information content (AvgIpc) is 3.18. The number of alkyl halides is 6. The maximum absolute atomic E-state index is 12.7. The van der Waals surface area contributed by atoms with Crippen molar-refractivity contribution >= 4 is 28.7 Å². The Labute approximate surface area is 183 Å². The van der Waals surface area contributed by atoms with Gasteiger partial charge in [0.25, 0.3) is 5.91 Å². The molecule has 0 aliphatic carbocycles. The van der Waals surface area contributed by atoms with Crippen LogP contribution in [0.3, 0.4) is 0 Å². The number of hydrogen-bond acceptors (Lipinski definition) is 5. The third-order valence-corrected chi connectivity index (χ3v) is 5.18. The van der Waals surface area contributed by atoms with Crippen molar-refractivity contribution in [3.63, 3.8) is 0 Å². The number of carbonyl (C=O) groups excluding carboxylic acids is 1. The molecule has 3 rings (SSSR count). The van der Waals surface area contributed by atoms with Crippen LogP contribution in [0.1, 0.15) is 21.7 Å². The summed E-state index contributed by atoms with van der Waals surface area (Å²) in [5.74, 6) is -0.792. The van der Waals surface area contributed by atoms with Gasteiger partial charge in [-0.05, 0) is 18.2 Å². The van der Waals surface area contributed by atoms with Crippen LogP contribution in [0.2, 0.25) is 5.02 Å². The Balaban J connectivity index is 1.76. The third kappa shape index (κ3) is 5.49. The molecule has 0 aliphatic heterocycles. The number of nitrogens with one attached hydrogen (secondary N) is 1. The molecule has 0 fully saturated rings. The summed E-state index contributed by atoms with van der Waals surface area (Å²) >= 11 is 2.35. The molecule has 3 aromatic rings. The van der Waals surface area contributed by atoms with Crippen LogP contribution in [0, 0.1) is 0 Å². The smallest absolute Gasteiger partial charge is 0.578 e. The number of benzene rings is 1. The van der Waals surface area contributed by atoms with Crippen molar-refractivity contribution in [2.75, 3.05) is 0 Å². The van der Waals surface area contributed by atoms with Gasteiger partial charge in [0.05, 0.1) is 23.3 Å². The van der Waals surface area contributed by atoms with Crippen LogP contribution in [0.4, 0.5) is 26.3 Å². The van der Waals surface area contributed by atoms with Crippen LogP contribution in [-0.2, 0) is 23.9 Å². The third-order valence-electron chi connectivity index (χ3n) is 3.88. The normalized spacial score (nSPS) is 13.1. The molecule has 0 bridgehead atoms. The van der Waals surface area contributed by atoms with Gasteiger partial charge in [0, 0.05) is 28.9 Å². The Morgan fingerprint density at radius 3 is 2.44 bits per heavy atom. The van der Waals surface area contributed by atoms with Crippen molar-refractivity contribution in [3.05, 3.63) is 64.8 Å². The van der Waals surface area contributed by atoms with Gasteiger partial charge in [-0.25, -0.2) is 9.97 Å². The first kappa shape index (κ1) is 23.8. The van der Waals surface area contributed by atoms with Crippen LogP contribution in [0.5, 0.6) is 0 Å². The van der Waals surface area contributed by atoms with Crippen molar-refractivity contribution in [2.45, 2.75) is 23.1 Å². The molecule has 0 saturated heterocycles. The van der Waals surface area contributed by atoms with E-state index in [1.54, 1.807) is 0 Å². The van der Waals surface area contributed by atoms with Gasteiger partial charge in [-0.1, -0.05) is 11.6 Å². The number of nitrogens with zero attached hydrogens (tertiary/aromatic N) is 4. The topological polar surface area (TPSA) is 95.8 Å². The predicted octanol–water partition coefficient (Wildman–Crippen LogP) is 3.89. The molecular formula is C17H10ClF6N5O2S. The lowest BCUT2D eigenvalue weighted by molar-refractivity contribution is -0.137. The van der Waals surface area contributed by atoms with Crippen LogP contribution >= 0.6 is 11.6 Å². The molecule has 1 atom stereocenters. The largest absolute Gasteiger partial charge is 0.604 e. The summed E-state index contributed by atoms with van der Waals surface area (Å²) in [6.07, 6.45) is -2.89. The lowest BCUT2D eigenvalue weighted by atomic mass is 10.2. The minimum absolute atomic E-state index is 0.00892. The first-order valence-corrected chi connectivity index (χ1v) is 9.89. The van der Waals surface area contributed by atoms with E-state index in [9.17, 15) is 35.7 Å². The number of aromatic nitrogens is 4. The number of pyridine rings is 1. The lowest BCUT2D eigenvalue weighted by Gasteiger charge is -2.13. The van der Waals surface area contributed by atoms with E-state index in [2.05, 4.69) is 20.4 Å². The van der Waals surface area contributed by atoms with Gasteiger partial charge in [-0.15, -0.1) is 13.2 Å². The van der Waals surface area contributed by atoms with Crippen molar-refractivity contribution in [1.29, 1.82) is 0 Å². The van der Waals surface area contributed by atoms with Gasteiger partial charge in [0.1, 0.15) is 6.33 Å². The summed E-state index contributed by atoms with van der Waals surface area (Å²) in [6, 6.07) is 4.54. The number of rotatable bonds is 5. The van der Waals surface area contributed by atoms with Gasteiger partial charge >= 0.3 is 11.7 Å². The molecule has 2 aromatic heterocycles. The van der Waals surface area contributed by atoms with Crippen LogP contribution < -0.4 is 5.32 Å². The van der Waals surface area contributed by atoms with Crippen LogP contribution in [0.25, 0.3) is 5.82 Å². The number of amides is 1.